The summed E-state index contributed by atoms with van der Waals surface area (Å²) >= 11 is 0. The third-order valence-electron chi connectivity index (χ3n) is 5.40. The number of anilines is 1. The molecule has 0 radical (unpaired) electrons. The van der Waals surface area contributed by atoms with Crippen molar-refractivity contribution in [1.82, 2.24) is 29.7 Å². The van der Waals surface area contributed by atoms with Crippen LogP contribution in [0, 0.1) is 0 Å². The zero-order valence-corrected chi connectivity index (χ0v) is 20.1. The van der Waals surface area contributed by atoms with Crippen molar-refractivity contribution in [2.24, 2.45) is 0 Å². The standard InChI is InChI=1S/C24H29N7O4/c1-24(2,3)35-23(34)26-11-10-25-19-18-20(28-14-27-19)30(15-29-18)12-6-7-13-31-21(32)16-8-4-5-9-17(16)22(31)33/h4-5,8-9,14-15H,6-7,10-13H2,1-3H3,(H,26,34)(H,25,27,28). The smallest absolute Gasteiger partial charge is 0.407 e. The number of ether oxygens (including phenoxy) is 1. The molecule has 1 aromatic carbocycles. The van der Waals surface area contributed by atoms with Gasteiger partial charge in [-0.05, 0) is 45.7 Å². The normalized spacial score (nSPS) is 13.3. The van der Waals surface area contributed by atoms with Crippen LogP contribution in [0.4, 0.5) is 10.6 Å². The minimum atomic E-state index is -0.548. The molecule has 3 heterocycles. The van der Waals surface area contributed by atoms with Gasteiger partial charge in [-0.2, -0.15) is 0 Å². The first-order valence-electron chi connectivity index (χ1n) is 11.6. The molecule has 0 atom stereocenters. The van der Waals surface area contributed by atoms with Crippen molar-refractivity contribution in [2.45, 2.75) is 45.8 Å². The molecule has 0 spiro atoms. The fourth-order valence-corrected chi connectivity index (χ4v) is 3.83. The number of nitrogens with one attached hydrogen (secondary N) is 2. The van der Waals surface area contributed by atoms with E-state index in [4.69, 9.17) is 4.74 Å². The van der Waals surface area contributed by atoms with Crippen LogP contribution < -0.4 is 10.6 Å². The summed E-state index contributed by atoms with van der Waals surface area (Å²) in [6.45, 7) is 7.23. The second kappa shape index (κ2) is 10.1. The predicted molar refractivity (Wildman–Crippen MR) is 129 cm³/mol. The summed E-state index contributed by atoms with van der Waals surface area (Å²) in [6.07, 6.45) is 4.09. The molecule has 2 aromatic heterocycles. The fourth-order valence-electron chi connectivity index (χ4n) is 3.83. The van der Waals surface area contributed by atoms with Crippen molar-refractivity contribution in [3.05, 3.63) is 48.0 Å². The van der Waals surface area contributed by atoms with Gasteiger partial charge < -0.3 is 19.9 Å². The third kappa shape index (κ3) is 5.56. The first-order chi connectivity index (χ1) is 16.7. The Labute approximate surface area is 202 Å². The van der Waals surface area contributed by atoms with Gasteiger partial charge in [0.25, 0.3) is 11.8 Å². The number of nitrogens with zero attached hydrogens (tertiary/aromatic N) is 5. The molecule has 1 aliphatic rings. The third-order valence-corrected chi connectivity index (χ3v) is 5.40. The molecule has 3 amide bonds. The Morgan fingerprint density at radius 3 is 2.34 bits per heavy atom. The van der Waals surface area contributed by atoms with Crippen molar-refractivity contribution in [3.63, 3.8) is 0 Å². The number of alkyl carbamates (subject to hydrolysis) is 1. The van der Waals surface area contributed by atoms with Crippen LogP contribution in [-0.2, 0) is 11.3 Å². The molecule has 0 unspecified atom stereocenters. The van der Waals surface area contributed by atoms with Crippen LogP contribution >= 0.6 is 0 Å². The molecular formula is C24H29N7O4. The van der Waals surface area contributed by atoms with Gasteiger partial charge in [0.15, 0.2) is 11.5 Å². The number of hydrogen-bond donors (Lipinski definition) is 2. The molecule has 0 fully saturated rings. The van der Waals surface area contributed by atoms with Crippen molar-refractivity contribution in [3.8, 4) is 0 Å². The van der Waals surface area contributed by atoms with Crippen LogP contribution in [0.25, 0.3) is 11.2 Å². The number of hydrogen-bond acceptors (Lipinski definition) is 8. The number of carbonyl (C=O) groups excluding carboxylic acids is 3. The van der Waals surface area contributed by atoms with Gasteiger partial charge in [-0.15, -0.1) is 0 Å². The molecule has 3 aromatic rings. The number of benzene rings is 1. The van der Waals surface area contributed by atoms with E-state index in [0.717, 1.165) is 6.42 Å². The summed E-state index contributed by atoms with van der Waals surface area (Å²) in [4.78, 5) is 51.1. The van der Waals surface area contributed by atoms with Gasteiger partial charge >= 0.3 is 6.09 Å². The highest BCUT2D eigenvalue weighted by atomic mass is 16.6. The van der Waals surface area contributed by atoms with E-state index in [0.29, 0.717) is 60.7 Å². The summed E-state index contributed by atoms with van der Waals surface area (Å²) in [5.74, 6) is 0.109. The summed E-state index contributed by atoms with van der Waals surface area (Å²) < 4.78 is 7.13. The minimum absolute atomic E-state index is 0.233. The van der Waals surface area contributed by atoms with Crippen molar-refractivity contribution in [1.29, 1.82) is 0 Å². The lowest BCUT2D eigenvalue weighted by Crippen LogP contribution is -2.35. The van der Waals surface area contributed by atoms with Crippen LogP contribution in [0.2, 0.25) is 0 Å². The lowest BCUT2D eigenvalue weighted by molar-refractivity contribution is 0.0528. The van der Waals surface area contributed by atoms with Crippen LogP contribution in [0.1, 0.15) is 54.3 Å². The molecule has 0 aliphatic carbocycles. The van der Waals surface area contributed by atoms with Gasteiger partial charge in [0.2, 0.25) is 0 Å². The highest BCUT2D eigenvalue weighted by Gasteiger charge is 2.34. The maximum atomic E-state index is 12.5. The Morgan fingerprint density at radius 2 is 1.66 bits per heavy atom. The number of aromatic nitrogens is 4. The molecule has 0 bridgehead atoms. The van der Waals surface area contributed by atoms with Gasteiger partial charge in [-0.25, -0.2) is 19.7 Å². The Bertz CT molecular complexity index is 1210. The zero-order chi connectivity index (χ0) is 25.0. The SMILES string of the molecule is CC(C)(C)OC(=O)NCCNc1ncnc2c1ncn2CCCCN1C(=O)c2ccccc2C1=O. The number of imide groups is 1. The van der Waals surface area contributed by atoms with Crippen LogP contribution in [-0.4, -0.2) is 67.6 Å². The first-order valence-corrected chi connectivity index (χ1v) is 11.6. The number of rotatable bonds is 9. The summed E-state index contributed by atoms with van der Waals surface area (Å²) in [5.41, 5.74) is 1.70. The Hall–Kier alpha value is -4.02. The maximum absolute atomic E-state index is 12.5. The van der Waals surface area contributed by atoms with Crippen molar-refractivity contribution in [2.75, 3.05) is 25.0 Å². The van der Waals surface area contributed by atoms with E-state index in [9.17, 15) is 14.4 Å². The number of carbonyl (C=O) groups is 3. The highest BCUT2D eigenvalue weighted by Crippen LogP contribution is 2.23. The topological polar surface area (TPSA) is 131 Å². The molecule has 11 nitrogen and oxygen atoms in total. The molecule has 184 valence electrons. The monoisotopic (exact) mass is 479 g/mol. The summed E-state index contributed by atoms with van der Waals surface area (Å²) in [6, 6.07) is 6.90. The van der Waals surface area contributed by atoms with Crippen molar-refractivity contribution < 1.29 is 19.1 Å². The summed E-state index contributed by atoms with van der Waals surface area (Å²) in [7, 11) is 0. The number of aryl methyl sites for hydroxylation is 1. The lowest BCUT2D eigenvalue weighted by Gasteiger charge is -2.19. The Kier molecular flexibility index (Phi) is 6.94. The molecule has 2 N–H and O–H groups in total. The molecule has 1 aliphatic heterocycles. The second-order valence-electron chi connectivity index (χ2n) is 9.20. The van der Waals surface area contributed by atoms with E-state index in [1.165, 1.54) is 11.2 Å². The summed E-state index contributed by atoms with van der Waals surface area (Å²) in [5, 5.41) is 5.85. The first kappa shape index (κ1) is 24.1. The zero-order valence-electron chi connectivity index (χ0n) is 20.1. The van der Waals surface area contributed by atoms with Gasteiger partial charge in [-0.3, -0.25) is 14.5 Å². The Morgan fingerprint density at radius 1 is 0.971 bits per heavy atom. The number of unbranched alkanes of at least 4 members (excludes halogenated alkanes) is 1. The lowest BCUT2D eigenvalue weighted by atomic mass is 10.1. The van der Waals surface area contributed by atoms with Gasteiger partial charge in [0.1, 0.15) is 17.4 Å². The fraction of sp³-hybridized carbons (Fsp3) is 0.417. The van der Waals surface area contributed by atoms with Gasteiger partial charge in [-0.1, -0.05) is 12.1 Å². The average molecular weight is 480 g/mol. The van der Waals surface area contributed by atoms with E-state index < -0.39 is 11.7 Å². The van der Waals surface area contributed by atoms with Crippen LogP contribution in [0.3, 0.4) is 0 Å². The molecule has 35 heavy (non-hydrogen) atoms. The van der Waals surface area contributed by atoms with Crippen LogP contribution in [0.15, 0.2) is 36.9 Å². The molecule has 4 rings (SSSR count). The largest absolute Gasteiger partial charge is 0.444 e. The minimum Gasteiger partial charge on any atom is -0.444 e. The predicted octanol–water partition coefficient (Wildman–Crippen LogP) is 2.84. The number of fused-ring (bicyclic) bond motifs is 2. The number of imidazole rings is 1. The van der Waals surface area contributed by atoms with E-state index >= 15 is 0 Å². The van der Waals surface area contributed by atoms with E-state index in [-0.39, 0.29) is 11.8 Å². The molecular weight excluding hydrogens is 450 g/mol. The average Bonchev–Trinajstić information content (AvgIpc) is 3.33. The molecule has 0 saturated carbocycles. The highest BCUT2D eigenvalue weighted by molar-refractivity contribution is 6.21. The number of amides is 3. The molecule has 11 heteroatoms. The van der Waals surface area contributed by atoms with Gasteiger partial charge in [0, 0.05) is 26.2 Å². The van der Waals surface area contributed by atoms with E-state index in [2.05, 4.69) is 25.6 Å². The maximum Gasteiger partial charge on any atom is 0.407 e. The second-order valence-corrected chi connectivity index (χ2v) is 9.20. The van der Waals surface area contributed by atoms with Gasteiger partial charge in [0.05, 0.1) is 17.5 Å². The Balaban J connectivity index is 1.27. The van der Waals surface area contributed by atoms with E-state index in [1.807, 2.05) is 25.3 Å². The molecule has 0 saturated heterocycles. The van der Waals surface area contributed by atoms with Crippen molar-refractivity contribution >= 4 is 34.9 Å². The van der Waals surface area contributed by atoms with E-state index in [1.54, 1.807) is 30.6 Å². The van der Waals surface area contributed by atoms with Crippen LogP contribution in [0.5, 0.6) is 0 Å². The quantitative estimate of drug-likeness (QED) is 0.354.